The third-order valence-electron chi connectivity index (χ3n) is 2.91. The van der Waals surface area contributed by atoms with Gasteiger partial charge in [0.25, 0.3) is 0 Å². The van der Waals surface area contributed by atoms with Gasteiger partial charge in [0.05, 0.1) is 0 Å². The molecule has 2 atom stereocenters. The summed E-state index contributed by atoms with van der Waals surface area (Å²) in [5, 5.41) is 0. The van der Waals surface area contributed by atoms with Crippen LogP contribution in [0.4, 0.5) is 0 Å². The zero-order chi connectivity index (χ0) is 9.19. The van der Waals surface area contributed by atoms with Gasteiger partial charge in [0.2, 0.25) is 0 Å². The van der Waals surface area contributed by atoms with E-state index in [0.717, 1.165) is 25.7 Å². The second-order valence-electron chi connectivity index (χ2n) is 4.32. The van der Waals surface area contributed by atoms with Gasteiger partial charge in [-0.1, -0.05) is 19.9 Å². The van der Waals surface area contributed by atoms with E-state index in [-0.39, 0.29) is 5.41 Å². The van der Waals surface area contributed by atoms with E-state index in [0.29, 0.717) is 11.7 Å². The minimum atomic E-state index is -0.0341. The first kappa shape index (κ1) is 9.50. The molecule has 0 radical (unpaired) electrons. The Balaban J connectivity index is 2.57. The summed E-state index contributed by atoms with van der Waals surface area (Å²) in [4.78, 5) is 11.6. The highest BCUT2D eigenvalue weighted by Gasteiger charge is 2.39. The molecule has 0 heterocycles. The second kappa shape index (κ2) is 3.42. The Morgan fingerprint density at radius 1 is 1.75 bits per heavy atom. The number of ketones is 1. The molecule has 1 rings (SSSR count). The SMILES string of the molecule is C=CCCC1(C)CC(C)CC1=O. The molecule has 0 bridgehead atoms. The van der Waals surface area contributed by atoms with Crippen molar-refractivity contribution < 1.29 is 4.79 Å². The summed E-state index contributed by atoms with van der Waals surface area (Å²) in [6, 6.07) is 0. The normalized spacial score (nSPS) is 35.5. The maximum atomic E-state index is 11.6. The molecule has 0 spiro atoms. The molecule has 1 aliphatic carbocycles. The lowest BCUT2D eigenvalue weighted by Crippen LogP contribution is -2.20. The second-order valence-corrected chi connectivity index (χ2v) is 4.32. The monoisotopic (exact) mass is 166 g/mol. The Bertz CT molecular complexity index is 195. The van der Waals surface area contributed by atoms with Crippen molar-refractivity contribution in [3.8, 4) is 0 Å². The van der Waals surface area contributed by atoms with Gasteiger partial charge >= 0.3 is 0 Å². The summed E-state index contributed by atoms with van der Waals surface area (Å²) in [6.07, 6.45) is 5.71. The lowest BCUT2D eigenvalue weighted by Gasteiger charge is -2.20. The van der Waals surface area contributed by atoms with Crippen LogP contribution in [-0.2, 0) is 4.79 Å². The highest BCUT2D eigenvalue weighted by Crippen LogP contribution is 2.41. The summed E-state index contributed by atoms with van der Waals surface area (Å²) in [5.41, 5.74) is -0.0341. The van der Waals surface area contributed by atoms with Crippen LogP contribution in [0.1, 0.15) is 39.5 Å². The van der Waals surface area contributed by atoms with Crippen molar-refractivity contribution in [3.63, 3.8) is 0 Å². The van der Waals surface area contributed by atoms with Crippen molar-refractivity contribution >= 4 is 5.78 Å². The molecule has 1 heteroatoms. The van der Waals surface area contributed by atoms with E-state index in [9.17, 15) is 4.79 Å². The van der Waals surface area contributed by atoms with Gasteiger partial charge in [-0.3, -0.25) is 4.79 Å². The van der Waals surface area contributed by atoms with Crippen LogP contribution in [0.2, 0.25) is 0 Å². The first-order chi connectivity index (χ1) is 5.58. The van der Waals surface area contributed by atoms with E-state index in [1.165, 1.54) is 0 Å². The van der Waals surface area contributed by atoms with Gasteiger partial charge in [0, 0.05) is 11.8 Å². The minimum absolute atomic E-state index is 0.0341. The Hall–Kier alpha value is -0.590. The number of rotatable bonds is 3. The fourth-order valence-corrected chi connectivity index (χ4v) is 2.18. The Labute approximate surface area is 74.9 Å². The molecule has 0 saturated heterocycles. The molecule has 0 amide bonds. The zero-order valence-corrected chi connectivity index (χ0v) is 8.10. The predicted molar refractivity (Wildman–Crippen MR) is 50.9 cm³/mol. The van der Waals surface area contributed by atoms with Crippen LogP contribution in [0.15, 0.2) is 12.7 Å². The smallest absolute Gasteiger partial charge is 0.139 e. The number of carbonyl (C=O) groups excluding carboxylic acids is 1. The average molecular weight is 166 g/mol. The molecular formula is C11H18O. The van der Waals surface area contributed by atoms with Crippen molar-refractivity contribution in [2.75, 3.05) is 0 Å². The molecule has 2 unspecified atom stereocenters. The first-order valence-corrected chi connectivity index (χ1v) is 4.73. The average Bonchev–Trinajstić information content (AvgIpc) is 2.23. The van der Waals surface area contributed by atoms with E-state index in [4.69, 9.17) is 0 Å². The third-order valence-corrected chi connectivity index (χ3v) is 2.91. The van der Waals surface area contributed by atoms with Gasteiger partial charge in [-0.05, 0) is 25.2 Å². The number of hydrogen-bond acceptors (Lipinski definition) is 1. The number of Topliss-reactive ketones (excluding diaryl/α,β-unsaturated/α-hetero) is 1. The van der Waals surface area contributed by atoms with Crippen LogP contribution in [0.3, 0.4) is 0 Å². The van der Waals surface area contributed by atoms with Crippen molar-refractivity contribution in [2.24, 2.45) is 11.3 Å². The van der Waals surface area contributed by atoms with Crippen LogP contribution in [-0.4, -0.2) is 5.78 Å². The third kappa shape index (κ3) is 1.77. The van der Waals surface area contributed by atoms with Crippen molar-refractivity contribution in [1.29, 1.82) is 0 Å². The summed E-state index contributed by atoms with van der Waals surface area (Å²) >= 11 is 0. The molecule has 12 heavy (non-hydrogen) atoms. The Morgan fingerprint density at radius 3 is 2.83 bits per heavy atom. The summed E-state index contributed by atoms with van der Waals surface area (Å²) in [7, 11) is 0. The zero-order valence-electron chi connectivity index (χ0n) is 8.10. The van der Waals surface area contributed by atoms with Crippen LogP contribution in [0.5, 0.6) is 0 Å². The van der Waals surface area contributed by atoms with E-state index in [1.807, 2.05) is 6.08 Å². The number of allylic oxidation sites excluding steroid dienone is 1. The molecule has 1 fully saturated rings. The fraction of sp³-hybridized carbons (Fsp3) is 0.727. The standard InChI is InChI=1S/C11H18O/c1-4-5-6-11(3)8-9(2)7-10(11)12/h4,9H,1,5-8H2,2-3H3. The summed E-state index contributed by atoms with van der Waals surface area (Å²) < 4.78 is 0. The maximum absolute atomic E-state index is 11.6. The molecule has 1 saturated carbocycles. The Morgan fingerprint density at radius 2 is 2.42 bits per heavy atom. The quantitative estimate of drug-likeness (QED) is 0.589. The summed E-state index contributed by atoms with van der Waals surface area (Å²) in [5.74, 6) is 1.05. The molecule has 0 aromatic carbocycles. The topological polar surface area (TPSA) is 17.1 Å². The number of carbonyl (C=O) groups is 1. The molecule has 1 nitrogen and oxygen atoms in total. The molecule has 0 N–H and O–H groups in total. The highest BCUT2D eigenvalue weighted by atomic mass is 16.1. The Kier molecular flexibility index (Phi) is 2.71. The molecular weight excluding hydrogens is 148 g/mol. The summed E-state index contributed by atoms with van der Waals surface area (Å²) in [6.45, 7) is 7.95. The van der Waals surface area contributed by atoms with Gasteiger partial charge in [0.15, 0.2) is 0 Å². The minimum Gasteiger partial charge on any atom is -0.299 e. The van der Waals surface area contributed by atoms with Gasteiger partial charge in [-0.15, -0.1) is 6.58 Å². The van der Waals surface area contributed by atoms with Crippen LogP contribution in [0, 0.1) is 11.3 Å². The van der Waals surface area contributed by atoms with Crippen molar-refractivity contribution in [2.45, 2.75) is 39.5 Å². The molecule has 0 aromatic rings. The predicted octanol–water partition coefficient (Wildman–Crippen LogP) is 2.96. The lowest BCUT2D eigenvalue weighted by molar-refractivity contribution is -0.125. The van der Waals surface area contributed by atoms with E-state index in [2.05, 4.69) is 20.4 Å². The lowest BCUT2D eigenvalue weighted by atomic mass is 9.82. The fourth-order valence-electron chi connectivity index (χ4n) is 2.18. The van der Waals surface area contributed by atoms with Crippen LogP contribution in [0.25, 0.3) is 0 Å². The molecule has 68 valence electrons. The van der Waals surface area contributed by atoms with Crippen LogP contribution >= 0.6 is 0 Å². The van der Waals surface area contributed by atoms with Gasteiger partial charge in [0.1, 0.15) is 5.78 Å². The molecule has 0 aliphatic heterocycles. The molecule has 1 aliphatic rings. The van der Waals surface area contributed by atoms with E-state index in [1.54, 1.807) is 0 Å². The molecule has 0 aromatic heterocycles. The van der Waals surface area contributed by atoms with Gasteiger partial charge in [-0.2, -0.15) is 0 Å². The van der Waals surface area contributed by atoms with Crippen molar-refractivity contribution in [1.82, 2.24) is 0 Å². The van der Waals surface area contributed by atoms with Crippen molar-refractivity contribution in [3.05, 3.63) is 12.7 Å². The first-order valence-electron chi connectivity index (χ1n) is 4.73. The van der Waals surface area contributed by atoms with E-state index < -0.39 is 0 Å². The van der Waals surface area contributed by atoms with Gasteiger partial charge < -0.3 is 0 Å². The number of hydrogen-bond donors (Lipinski definition) is 0. The maximum Gasteiger partial charge on any atom is 0.139 e. The van der Waals surface area contributed by atoms with Crippen LogP contribution < -0.4 is 0 Å². The highest BCUT2D eigenvalue weighted by molar-refractivity contribution is 5.86. The van der Waals surface area contributed by atoms with Gasteiger partial charge in [-0.25, -0.2) is 0 Å². The van der Waals surface area contributed by atoms with E-state index >= 15 is 0 Å². The largest absolute Gasteiger partial charge is 0.299 e.